The van der Waals surface area contributed by atoms with Gasteiger partial charge in [0, 0.05) is 5.69 Å². The van der Waals surface area contributed by atoms with E-state index in [2.05, 4.69) is 36.2 Å². The topological polar surface area (TPSA) is 86.2 Å². The van der Waals surface area contributed by atoms with Crippen LogP contribution in [0.15, 0.2) is 27.1 Å². The number of nitrogens with one attached hydrogen (secondary N) is 1. The lowest BCUT2D eigenvalue weighted by Gasteiger charge is -2.11. The van der Waals surface area contributed by atoms with Crippen molar-refractivity contribution in [2.75, 3.05) is 5.32 Å². The minimum Gasteiger partial charge on any atom is -0.406 e. The normalized spacial score (nSPS) is 13.0. The predicted molar refractivity (Wildman–Crippen MR) is 71.0 cm³/mol. The molecule has 0 saturated carbocycles. The summed E-state index contributed by atoms with van der Waals surface area (Å²) in [6.07, 6.45) is -4.75. The Morgan fingerprint density at radius 1 is 1.38 bits per heavy atom. The molecule has 1 aromatic carbocycles. The molecular weight excluding hydrogens is 357 g/mol. The van der Waals surface area contributed by atoms with E-state index in [1.807, 2.05) is 0 Å². The van der Waals surface area contributed by atoms with E-state index in [1.165, 1.54) is 12.1 Å². The summed E-state index contributed by atoms with van der Waals surface area (Å²) in [5.74, 6) is -0.108. The van der Waals surface area contributed by atoms with Crippen LogP contribution in [0.1, 0.15) is 18.9 Å². The molecule has 0 spiro atoms. The van der Waals surface area contributed by atoms with Crippen LogP contribution >= 0.6 is 15.9 Å². The molecule has 1 heterocycles. The Morgan fingerprint density at radius 3 is 2.62 bits per heavy atom. The molecule has 0 aliphatic rings. The second-order valence-corrected chi connectivity index (χ2v) is 4.91. The summed E-state index contributed by atoms with van der Waals surface area (Å²) >= 11 is 2.99. The second kappa shape index (κ2) is 5.90. The molecule has 0 aliphatic carbocycles. The second-order valence-electron chi connectivity index (χ2n) is 4.05. The van der Waals surface area contributed by atoms with E-state index >= 15 is 0 Å². The van der Waals surface area contributed by atoms with Gasteiger partial charge in [-0.25, -0.2) is 0 Å². The Labute approximate surface area is 125 Å². The van der Waals surface area contributed by atoms with Gasteiger partial charge in [0.15, 0.2) is 0 Å². The third-order valence-corrected chi connectivity index (χ3v) is 2.86. The SMILES string of the molecule is CC(N)c1nnc(Nc2ccc(OC(F)(F)F)c(Br)c2)o1. The summed E-state index contributed by atoms with van der Waals surface area (Å²) in [6, 6.07) is 3.59. The molecule has 0 aliphatic heterocycles. The lowest BCUT2D eigenvalue weighted by atomic mass is 10.3. The van der Waals surface area contributed by atoms with Gasteiger partial charge >= 0.3 is 12.4 Å². The van der Waals surface area contributed by atoms with Crippen LogP contribution in [0.25, 0.3) is 0 Å². The molecular formula is C11H10BrF3N4O2. The molecule has 0 amide bonds. The maximum absolute atomic E-state index is 12.1. The number of hydrogen-bond acceptors (Lipinski definition) is 6. The van der Waals surface area contributed by atoms with Crippen LogP contribution in [0, 0.1) is 0 Å². The number of halogens is 4. The molecule has 0 bridgehead atoms. The standard InChI is InChI=1S/C11H10BrF3N4O2/c1-5(16)9-18-19-10(20-9)17-6-2-3-8(7(12)4-6)21-11(13,14)15/h2-5H,16H2,1H3,(H,17,19). The van der Waals surface area contributed by atoms with Gasteiger partial charge in [-0.15, -0.1) is 18.3 Å². The quantitative estimate of drug-likeness (QED) is 0.861. The predicted octanol–water partition coefficient (Wildman–Crippen LogP) is 3.49. The molecule has 3 N–H and O–H groups in total. The van der Waals surface area contributed by atoms with Crippen molar-refractivity contribution in [3.8, 4) is 5.75 Å². The molecule has 114 valence electrons. The van der Waals surface area contributed by atoms with Crippen LogP contribution in [-0.4, -0.2) is 16.6 Å². The van der Waals surface area contributed by atoms with Crippen LogP contribution in [-0.2, 0) is 0 Å². The van der Waals surface area contributed by atoms with E-state index < -0.39 is 12.4 Å². The van der Waals surface area contributed by atoms with Crippen molar-refractivity contribution < 1.29 is 22.3 Å². The summed E-state index contributed by atoms with van der Waals surface area (Å²) in [5, 5.41) is 10.2. The van der Waals surface area contributed by atoms with Crippen LogP contribution in [0.2, 0.25) is 0 Å². The van der Waals surface area contributed by atoms with Gasteiger partial charge in [-0.2, -0.15) is 0 Å². The zero-order valence-electron chi connectivity index (χ0n) is 10.6. The number of aromatic nitrogens is 2. The van der Waals surface area contributed by atoms with Gasteiger partial charge in [0.25, 0.3) is 0 Å². The van der Waals surface area contributed by atoms with Gasteiger partial charge < -0.3 is 20.2 Å². The van der Waals surface area contributed by atoms with Crippen LogP contribution in [0.3, 0.4) is 0 Å². The van der Waals surface area contributed by atoms with E-state index in [0.717, 1.165) is 6.07 Å². The Hall–Kier alpha value is -1.81. The lowest BCUT2D eigenvalue weighted by Crippen LogP contribution is -2.17. The molecule has 1 aromatic heterocycles. The van der Waals surface area contributed by atoms with Crippen molar-refractivity contribution in [3.63, 3.8) is 0 Å². The van der Waals surface area contributed by atoms with E-state index in [0.29, 0.717) is 5.69 Å². The number of anilines is 2. The monoisotopic (exact) mass is 366 g/mol. The van der Waals surface area contributed by atoms with E-state index in [-0.39, 0.29) is 22.1 Å². The van der Waals surface area contributed by atoms with Crippen molar-refractivity contribution in [2.24, 2.45) is 5.73 Å². The first-order valence-corrected chi connectivity index (χ1v) is 6.45. The van der Waals surface area contributed by atoms with E-state index in [4.69, 9.17) is 10.2 Å². The van der Waals surface area contributed by atoms with Crippen molar-refractivity contribution in [1.29, 1.82) is 0 Å². The van der Waals surface area contributed by atoms with Gasteiger partial charge in [0.2, 0.25) is 5.89 Å². The van der Waals surface area contributed by atoms with E-state index in [9.17, 15) is 13.2 Å². The largest absolute Gasteiger partial charge is 0.573 e. The fraction of sp³-hybridized carbons (Fsp3) is 0.273. The van der Waals surface area contributed by atoms with Crippen molar-refractivity contribution in [1.82, 2.24) is 10.2 Å². The first-order valence-electron chi connectivity index (χ1n) is 5.66. The third kappa shape index (κ3) is 4.33. The maximum atomic E-state index is 12.1. The lowest BCUT2D eigenvalue weighted by molar-refractivity contribution is -0.274. The molecule has 1 atom stereocenters. The van der Waals surface area contributed by atoms with Crippen molar-refractivity contribution in [2.45, 2.75) is 19.3 Å². The van der Waals surface area contributed by atoms with Gasteiger partial charge in [-0.1, -0.05) is 5.10 Å². The first-order chi connectivity index (χ1) is 9.74. The Morgan fingerprint density at radius 2 is 2.10 bits per heavy atom. The zero-order valence-corrected chi connectivity index (χ0v) is 12.2. The van der Waals surface area contributed by atoms with Crippen molar-refractivity contribution in [3.05, 3.63) is 28.6 Å². The van der Waals surface area contributed by atoms with E-state index in [1.54, 1.807) is 6.92 Å². The van der Waals surface area contributed by atoms with Gasteiger partial charge in [-0.05, 0) is 41.1 Å². The van der Waals surface area contributed by atoms with Crippen LogP contribution < -0.4 is 15.8 Å². The first kappa shape index (κ1) is 15.6. The Kier molecular flexibility index (Phi) is 4.37. The van der Waals surface area contributed by atoms with Crippen LogP contribution in [0.5, 0.6) is 5.75 Å². The fourth-order valence-electron chi connectivity index (χ4n) is 1.38. The number of rotatable bonds is 4. The molecule has 0 saturated heterocycles. The number of hydrogen-bond donors (Lipinski definition) is 2. The van der Waals surface area contributed by atoms with Crippen LogP contribution in [0.4, 0.5) is 24.9 Å². The van der Waals surface area contributed by atoms with Crippen molar-refractivity contribution >= 4 is 27.6 Å². The summed E-state index contributed by atoms with van der Waals surface area (Å²) in [6.45, 7) is 1.68. The molecule has 2 aromatic rings. The Bertz CT molecular complexity index is 630. The minimum absolute atomic E-state index is 0.0821. The number of nitrogens with zero attached hydrogens (tertiary/aromatic N) is 2. The van der Waals surface area contributed by atoms with Gasteiger partial charge in [0.05, 0.1) is 10.5 Å². The summed E-state index contributed by atoms with van der Waals surface area (Å²) in [5.41, 5.74) is 6.01. The molecule has 21 heavy (non-hydrogen) atoms. The van der Waals surface area contributed by atoms with Gasteiger partial charge in [0.1, 0.15) is 5.75 Å². The summed E-state index contributed by atoms with van der Waals surface area (Å²) in [4.78, 5) is 0. The highest BCUT2D eigenvalue weighted by molar-refractivity contribution is 9.10. The van der Waals surface area contributed by atoms with Gasteiger partial charge in [-0.3, -0.25) is 0 Å². The fourth-order valence-corrected chi connectivity index (χ4v) is 1.84. The minimum atomic E-state index is -4.75. The summed E-state index contributed by atoms with van der Waals surface area (Å²) < 4.78 is 45.6. The average molecular weight is 367 g/mol. The highest BCUT2D eigenvalue weighted by Gasteiger charge is 2.31. The molecule has 0 radical (unpaired) electrons. The molecule has 6 nitrogen and oxygen atoms in total. The molecule has 10 heteroatoms. The smallest absolute Gasteiger partial charge is 0.406 e. The highest BCUT2D eigenvalue weighted by Crippen LogP contribution is 2.33. The number of benzene rings is 1. The number of ether oxygens (including phenoxy) is 1. The zero-order chi connectivity index (χ0) is 15.6. The molecule has 0 fully saturated rings. The highest BCUT2D eigenvalue weighted by atomic mass is 79.9. The molecule has 2 rings (SSSR count). The molecule has 1 unspecified atom stereocenters. The maximum Gasteiger partial charge on any atom is 0.573 e. The average Bonchev–Trinajstić information content (AvgIpc) is 2.80. The third-order valence-electron chi connectivity index (χ3n) is 2.24. The number of nitrogens with two attached hydrogens (primary N) is 1. The number of alkyl halides is 3. The summed E-state index contributed by atoms with van der Waals surface area (Å²) in [7, 11) is 0. The Balaban J connectivity index is 2.12.